The number of hydrogen-bond acceptors (Lipinski definition) is 10. The van der Waals surface area contributed by atoms with Crippen LogP contribution in [0.3, 0.4) is 0 Å². The van der Waals surface area contributed by atoms with Crippen LogP contribution in [0.1, 0.15) is 12.8 Å². The summed E-state index contributed by atoms with van der Waals surface area (Å²) in [5, 5.41) is 38.9. The summed E-state index contributed by atoms with van der Waals surface area (Å²) in [7, 11) is -5.86. The second-order valence-electron chi connectivity index (χ2n) is 2.90. The van der Waals surface area contributed by atoms with Gasteiger partial charge in [-0.25, -0.2) is 0 Å². The number of carbonyl (C=O) groups excluding carboxylic acids is 3. The predicted molar refractivity (Wildman–Crippen MR) is 72.0 cm³/mol. The highest BCUT2D eigenvalue weighted by atomic mass is 28.4. The zero-order valence-electron chi connectivity index (χ0n) is 14.4. The van der Waals surface area contributed by atoms with Crippen LogP contribution in [0.15, 0.2) is 0 Å². The monoisotopic (exact) mass is 392 g/mol. The Morgan fingerprint density at radius 1 is 0.792 bits per heavy atom. The molecule has 16 nitrogen and oxygen atoms in total. The Hall–Kier alpha value is -1.84. The largest absolute Gasteiger partial charge is 0.857 e. The van der Waals surface area contributed by atoms with E-state index in [9.17, 15) is 33.8 Å². The van der Waals surface area contributed by atoms with E-state index in [1.54, 1.807) is 0 Å². The minimum atomic E-state index is -5.86. The molecule has 0 fully saturated rings. The Morgan fingerprint density at radius 2 is 0.958 bits per heavy atom. The first kappa shape index (κ1) is 49.5. The van der Waals surface area contributed by atoms with Crippen LogP contribution in [-0.2, 0) is 14.4 Å². The molecule has 0 aromatic heterocycles. The highest BCUT2D eigenvalue weighted by molar-refractivity contribution is 6.41. The van der Waals surface area contributed by atoms with Gasteiger partial charge >= 0.3 is 0 Å². The Labute approximate surface area is 137 Å². The van der Waals surface area contributed by atoms with E-state index >= 15 is 0 Å². The van der Waals surface area contributed by atoms with Crippen LogP contribution in [0.5, 0.6) is 0 Å². The van der Waals surface area contributed by atoms with Gasteiger partial charge in [0.05, 0.1) is 5.97 Å². The maximum absolute atomic E-state index is 10.2. The van der Waals surface area contributed by atoms with E-state index in [4.69, 9.17) is 19.5 Å². The zero-order chi connectivity index (χ0) is 15.1. The van der Waals surface area contributed by atoms with Gasteiger partial charge in [-0.1, -0.05) is 9.14 Å². The van der Waals surface area contributed by atoms with Crippen molar-refractivity contribution in [1.29, 1.82) is 0 Å². The molecule has 0 saturated carbocycles. The summed E-state index contributed by atoms with van der Waals surface area (Å²) in [5.41, 5.74) is -2.97. The molecular formula is C6H29FN6O10Si. The van der Waals surface area contributed by atoms with Crippen molar-refractivity contribution in [2.24, 2.45) is 0 Å². The molecule has 0 aliphatic carbocycles. The molecular weight excluding hydrogens is 363 g/mol. The maximum Gasteiger partial charge on any atom is 0.114 e. The standard InChI is InChI=1S/C6H8O7.FO3Si.6H3N/c7-3(8)1-6(13,5(11)12)2-4(9)10;1-5(2,3)4;;;;;;/h13H,1-2H2,(H,7,8)(H,9,10)(H,11,12);;6*1H3/q;-3;;;;;;/p+3. The molecule has 0 heterocycles. The summed E-state index contributed by atoms with van der Waals surface area (Å²) in [6.45, 7) is 0. The van der Waals surface area contributed by atoms with Crippen molar-refractivity contribution < 1.29 is 53.3 Å². The van der Waals surface area contributed by atoms with Crippen LogP contribution in [0, 0.1) is 0 Å². The van der Waals surface area contributed by atoms with E-state index < -0.39 is 45.5 Å². The van der Waals surface area contributed by atoms with Gasteiger partial charge in [0.1, 0.15) is 5.60 Å². The van der Waals surface area contributed by atoms with E-state index in [2.05, 4.69) is 0 Å². The highest BCUT2D eigenvalue weighted by Gasteiger charge is 2.29. The third-order valence-electron chi connectivity index (χ3n) is 1.25. The SMILES string of the molecule is O=C([O-])CC(O)(CC(=O)[O-])C(=O)[O-].[NH4+].[NH4+].[NH4+].[NH4+].[NH4+].[NH4+].[O-][Si]([O-])([O-])F. The number of carbonyl (C=O) groups is 3. The summed E-state index contributed by atoms with van der Waals surface area (Å²) in [4.78, 5) is 55.4. The Morgan fingerprint density at radius 3 is 1.04 bits per heavy atom. The Bertz CT molecular complexity index is 320. The van der Waals surface area contributed by atoms with E-state index in [0.717, 1.165) is 0 Å². The van der Waals surface area contributed by atoms with Crippen molar-refractivity contribution in [2.45, 2.75) is 18.4 Å². The first-order chi connectivity index (χ1) is 7.78. The Kier molecular flexibility index (Phi) is 39.6. The van der Waals surface area contributed by atoms with E-state index in [1.165, 1.54) is 0 Å². The van der Waals surface area contributed by atoms with Crippen molar-refractivity contribution in [3.8, 4) is 0 Å². The molecule has 18 heteroatoms. The second-order valence-corrected chi connectivity index (χ2v) is 3.86. The molecule has 0 radical (unpaired) electrons. The number of hydrogen-bond donors (Lipinski definition) is 7. The number of carboxylic acids is 3. The second kappa shape index (κ2) is 19.2. The molecule has 0 atom stereocenters. The van der Waals surface area contributed by atoms with Crippen LogP contribution < -0.4 is 66.6 Å². The van der Waals surface area contributed by atoms with Gasteiger partial charge in [-0.15, -0.1) is 0 Å². The molecule has 0 rings (SSSR count). The van der Waals surface area contributed by atoms with Crippen molar-refractivity contribution >= 4 is 27.0 Å². The quantitative estimate of drug-likeness (QED) is 0.171. The molecule has 0 aromatic carbocycles. The fraction of sp³-hybridized carbons (Fsp3) is 0.500. The third kappa shape index (κ3) is 36.9. The molecule has 0 spiro atoms. The van der Waals surface area contributed by atoms with Crippen LogP contribution in [0.25, 0.3) is 0 Å². The molecule has 0 bridgehead atoms. The number of carboxylic acid groups (broad SMARTS) is 3. The first-order valence-electron chi connectivity index (χ1n) is 3.91. The average molecular weight is 392 g/mol. The van der Waals surface area contributed by atoms with Gasteiger partial charge in [0.2, 0.25) is 0 Å². The van der Waals surface area contributed by atoms with Crippen molar-refractivity contribution in [3.05, 3.63) is 0 Å². The molecule has 25 N–H and O–H groups in total. The topological polar surface area (TPSA) is 429 Å². The lowest BCUT2D eigenvalue weighted by atomic mass is 9.96. The third-order valence-corrected chi connectivity index (χ3v) is 1.25. The van der Waals surface area contributed by atoms with Gasteiger partial charge in [0.25, 0.3) is 0 Å². The van der Waals surface area contributed by atoms with Crippen molar-refractivity contribution in [3.63, 3.8) is 0 Å². The van der Waals surface area contributed by atoms with Crippen molar-refractivity contribution in [2.75, 3.05) is 0 Å². The van der Waals surface area contributed by atoms with E-state index in [0.29, 0.717) is 0 Å². The summed E-state index contributed by atoms with van der Waals surface area (Å²) in [6, 6.07) is 0. The first-order valence-corrected chi connectivity index (χ1v) is 5.52. The number of rotatable bonds is 5. The smallest absolute Gasteiger partial charge is 0.114 e. The fourth-order valence-corrected chi connectivity index (χ4v) is 0.684. The minimum Gasteiger partial charge on any atom is -0.857 e. The maximum atomic E-state index is 10.2. The fourth-order valence-electron chi connectivity index (χ4n) is 0.684. The van der Waals surface area contributed by atoms with Gasteiger partial charge in [-0.05, 0) is 0 Å². The summed E-state index contributed by atoms with van der Waals surface area (Å²) in [5.74, 6) is -5.98. The van der Waals surface area contributed by atoms with Crippen LogP contribution in [-0.4, -0.2) is 37.8 Å². The number of quaternary nitrogens is 6. The van der Waals surface area contributed by atoms with Crippen LogP contribution in [0.2, 0.25) is 0 Å². The van der Waals surface area contributed by atoms with Crippen molar-refractivity contribution in [1.82, 2.24) is 36.9 Å². The van der Waals surface area contributed by atoms with E-state index in [-0.39, 0.29) is 36.9 Å². The predicted octanol–water partition coefficient (Wildman–Crippen LogP) is -6.52. The van der Waals surface area contributed by atoms with Gasteiger partial charge in [-0.2, -0.15) is 0 Å². The molecule has 24 heavy (non-hydrogen) atoms. The van der Waals surface area contributed by atoms with Gasteiger partial charge in [0.15, 0.2) is 0 Å². The average Bonchev–Trinajstić information content (AvgIpc) is 1.95. The van der Waals surface area contributed by atoms with Gasteiger partial charge < -0.3 is 90.2 Å². The lowest BCUT2D eigenvalue weighted by Crippen LogP contribution is -2.69. The molecule has 0 amide bonds. The van der Waals surface area contributed by atoms with Crippen LogP contribution >= 0.6 is 0 Å². The lowest BCUT2D eigenvalue weighted by Gasteiger charge is -2.44. The Balaban J connectivity index is -0.0000000347. The molecule has 0 saturated heterocycles. The molecule has 154 valence electrons. The minimum absolute atomic E-state index is 0. The van der Waals surface area contributed by atoms with E-state index in [1.807, 2.05) is 0 Å². The molecule has 0 unspecified atom stereocenters. The number of halogens is 1. The normalized spacial score (nSPS) is 8.38. The van der Waals surface area contributed by atoms with Gasteiger partial charge in [-0.3, -0.25) is 0 Å². The molecule has 0 aliphatic rings. The molecule has 0 aliphatic heterocycles. The van der Waals surface area contributed by atoms with Gasteiger partial charge in [0, 0.05) is 24.8 Å². The molecule has 0 aromatic rings. The number of aliphatic hydroxyl groups is 1. The number of aliphatic carboxylic acids is 3. The van der Waals surface area contributed by atoms with Crippen LogP contribution in [0.4, 0.5) is 4.11 Å². The summed E-state index contributed by atoms with van der Waals surface area (Å²) in [6.07, 6.45) is -2.72. The zero-order valence-corrected chi connectivity index (χ0v) is 15.4. The summed E-state index contributed by atoms with van der Waals surface area (Å²) < 4.78 is 10.2. The summed E-state index contributed by atoms with van der Waals surface area (Å²) >= 11 is 0. The highest BCUT2D eigenvalue weighted by Crippen LogP contribution is 2.13. The lowest BCUT2D eigenvalue weighted by molar-refractivity contribution is -0.527.